The van der Waals surface area contributed by atoms with Crippen LogP contribution >= 0.6 is 0 Å². The number of fused-ring (bicyclic) bond motifs is 1. The molecule has 1 N–H and O–H groups in total. The van der Waals surface area contributed by atoms with Crippen molar-refractivity contribution in [2.75, 3.05) is 13.2 Å². The van der Waals surface area contributed by atoms with Gasteiger partial charge in [-0.25, -0.2) is 0 Å². The third kappa shape index (κ3) is 3.36. The van der Waals surface area contributed by atoms with Gasteiger partial charge in [-0.2, -0.15) is 10.2 Å². The third-order valence-corrected chi connectivity index (χ3v) is 3.76. The second-order valence-corrected chi connectivity index (χ2v) is 5.41. The zero-order valence-electron chi connectivity index (χ0n) is 13.0. The lowest BCUT2D eigenvalue weighted by Crippen LogP contribution is -2.22. The zero-order valence-corrected chi connectivity index (χ0v) is 13.0. The second-order valence-electron chi connectivity index (χ2n) is 5.41. The van der Waals surface area contributed by atoms with Crippen molar-refractivity contribution in [1.29, 1.82) is 0 Å². The molecule has 1 unspecified atom stereocenters. The monoisotopic (exact) mass is 299 g/mol. The Labute approximate surface area is 130 Å². The maximum absolute atomic E-state index is 5.66. The van der Waals surface area contributed by atoms with Crippen LogP contribution in [0.1, 0.15) is 36.3 Å². The Bertz CT molecular complexity index is 628. The molecule has 0 radical (unpaired) electrons. The van der Waals surface area contributed by atoms with Gasteiger partial charge in [-0.3, -0.25) is 0 Å². The van der Waals surface area contributed by atoms with E-state index in [1.807, 2.05) is 25.1 Å². The lowest BCUT2D eigenvalue weighted by molar-refractivity contribution is 0.171. The van der Waals surface area contributed by atoms with E-state index in [1.54, 1.807) is 0 Å². The van der Waals surface area contributed by atoms with Crippen LogP contribution in [0, 0.1) is 6.92 Å². The van der Waals surface area contributed by atoms with Crippen LogP contribution in [0.25, 0.3) is 0 Å². The molecule has 1 aliphatic rings. The van der Waals surface area contributed by atoms with Gasteiger partial charge in [0.05, 0.1) is 11.4 Å². The van der Waals surface area contributed by atoms with Crippen LogP contribution in [0.3, 0.4) is 0 Å². The number of nitrogens with one attached hydrogen (secondary N) is 1. The Balaban J connectivity index is 1.69. The number of nitrogens with zero attached hydrogens (tertiary/aromatic N) is 2. The molecule has 5 nitrogen and oxygen atoms in total. The number of aryl methyl sites for hydroxylation is 1. The van der Waals surface area contributed by atoms with Crippen molar-refractivity contribution in [2.45, 2.75) is 32.9 Å². The average Bonchev–Trinajstić information content (AvgIpc) is 2.57. The van der Waals surface area contributed by atoms with Crippen LogP contribution in [0.4, 0.5) is 0 Å². The fraction of sp³-hybridized carbons (Fsp3) is 0.412. The molecule has 1 aromatic heterocycles. The van der Waals surface area contributed by atoms with Crippen molar-refractivity contribution in [1.82, 2.24) is 15.5 Å². The van der Waals surface area contributed by atoms with E-state index in [4.69, 9.17) is 9.47 Å². The first-order valence-corrected chi connectivity index (χ1v) is 7.68. The number of ether oxygens (including phenoxy) is 2. The topological polar surface area (TPSA) is 56.3 Å². The summed E-state index contributed by atoms with van der Waals surface area (Å²) in [4.78, 5) is 0. The van der Waals surface area contributed by atoms with Gasteiger partial charge in [-0.1, -0.05) is 13.0 Å². The van der Waals surface area contributed by atoms with E-state index < -0.39 is 0 Å². The standard InChI is InChI=1S/C17H21N3O2/c1-3-15(18-11-14-6-4-12(2)19-20-14)13-5-7-16-17(10-13)22-9-8-21-16/h4-7,10,15,18H,3,8-9,11H2,1-2H3. The quantitative estimate of drug-likeness (QED) is 0.920. The van der Waals surface area contributed by atoms with Crippen LogP contribution in [-0.2, 0) is 6.54 Å². The van der Waals surface area contributed by atoms with Crippen molar-refractivity contribution in [3.63, 3.8) is 0 Å². The molecule has 1 atom stereocenters. The van der Waals surface area contributed by atoms with Crippen LogP contribution in [-0.4, -0.2) is 23.4 Å². The Morgan fingerprint density at radius 2 is 1.91 bits per heavy atom. The number of hydrogen-bond acceptors (Lipinski definition) is 5. The zero-order chi connectivity index (χ0) is 15.4. The first-order valence-electron chi connectivity index (χ1n) is 7.68. The molecular weight excluding hydrogens is 278 g/mol. The Morgan fingerprint density at radius 1 is 1.09 bits per heavy atom. The van der Waals surface area contributed by atoms with Gasteiger partial charge in [-0.05, 0) is 43.2 Å². The highest BCUT2D eigenvalue weighted by molar-refractivity contribution is 5.44. The molecule has 3 rings (SSSR count). The van der Waals surface area contributed by atoms with Gasteiger partial charge in [-0.15, -0.1) is 0 Å². The Morgan fingerprint density at radius 3 is 2.64 bits per heavy atom. The minimum absolute atomic E-state index is 0.249. The minimum Gasteiger partial charge on any atom is -0.486 e. The van der Waals surface area contributed by atoms with Crippen LogP contribution < -0.4 is 14.8 Å². The fourth-order valence-corrected chi connectivity index (χ4v) is 2.52. The van der Waals surface area contributed by atoms with Gasteiger partial charge in [0.2, 0.25) is 0 Å². The molecular formula is C17H21N3O2. The summed E-state index contributed by atoms with van der Waals surface area (Å²) in [5.41, 5.74) is 3.08. The average molecular weight is 299 g/mol. The van der Waals surface area contributed by atoms with Crippen LogP contribution in [0.15, 0.2) is 30.3 Å². The number of benzene rings is 1. The van der Waals surface area contributed by atoms with E-state index >= 15 is 0 Å². The van der Waals surface area contributed by atoms with Crippen LogP contribution in [0.2, 0.25) is 0 Å². The molecule has 116 valence electrons. The lowest BCUT2D eigenvalue weighted by atomic mass is 10.0. The number of rotatable bonds is 5. The molecule has 0 saturated heterocycles. The minimum atomic E-state index is 0.249. The highest BCUT2D eigenvalue weighted by Crippen LogP contribution is 2.33. The molecule has 2 heterocycles. The fourth-order valence-electron chi connectivity index (χ4n) is 2.52. The SMILES string of the molecule is CCC(NCc1ccc(C)nn1)c1ccc2c(c1)OCCO2. The van der Waals surface area contributed by atoms with E-state index in [0.717, 1.165) is 29.3 Å². The molecule has 2 aromatic rings. The predicted molar refractivity (Wildman–Crippen MR) is 84.1 cm³/mol. The van der Waals surface area contributed by atoms with Gasteiger partial charge in [0.25, 0.3) is 0 Å². The third-order valence-electron chi connectivity index (χ3n) is 3.76. The maximum atomic E-state index is 5.66. The van der Waals surface area contributed by atoms with Gasteiger partial charge in [0.15, 0.2) is 11.5 Å². The maximum Gasteiger partial charge on any atom is 0.161 e. The summed E-state index contributed by atoms with van der Waals surface area (Å²) in [6.45, 7) is 6.03. The smallest absolute Gasteiger partial charge is 0.161 e. The summed E-state index contributed by atoms with van der Waals surface area (Å²) >= 11 is 0. The van der Waals surface area contributed by atoms with E-state index in [2.05, 4.69) is 34.6 Å². The van der Waals surface area contributed by atoms with E-state index in [9.17, 15) is 0 Å². The van der Waals surface area contributed by atoms with E-state index in [-0.39, 0.29) is 6.04 Å². The molecule has 5 heteroatoms. The van der Waals surface area contributed by atoms with Crippen molar-refractivity contribution in [3.8, 4) is 11.5 Å². The van der Waals surface area contributed by atoms with Gasteiger partial charge < -0.3 is 14.8 Å². The molecule has 0 saturated carbocycles. The second kappa shape index (κ2) is 6.75. The molecule has 1 aromatic carbocycles. The highest BCUT2D eigenvalue weighted by Gasteiger charge is 2.16. The van der Waals surface area contributed by atoms with Crippen molar-refractivity contribution < 1.29 is 9.47 Å². The molecule has 22 heavy (non-hydrogen) atoms. The summed E-state index contributed by atoms with van der Waals surface area (Å²) in [6.07, 6.45) is 0.985. The van der Waals surface area contributed by atoms with Gasteiger partial charge in [0, 0.05) is 12.6 Å². The predicted octanol–water partition coefficient (Wildman–Crippen LogP) is 2.80. The van der Waals surface area contributed by atoms with E-state index in [0.29, 0.717) is 19.8 Å². The highest BCUT2D eigenvalue weighted by atomic mass is 16.6. The molecule has 0 bridgehead atoms. The summed E-state index contributed by atoms with van der Waals surface area (Å²) in [6, 6.07) is 10.4. The van der Waals surface area contributed by atoms with Crippen molar-refractivity contribution in [2.24, 2.45) is 0 Å². The van der Waals surface area contributed by atoms with Gasteiger partial charge in [0.1, 0.15) is 13.2 Å². The first-order chi connectivity index (χ1) is 10.8. The van der Waals surface area contributed by atoms with Gasteiger partial charge >= 0.3 is 0 Å². The normalized spacial score (nSPS) is 14.6. The van der Waals surface area contributed by atoms with Crippen molar-refractivity contribution >= 4 is 0 Å². The molecule has 0 aliphatic carbocycles. The molecule has 0 fully saturated rings. The van der Waals surface area contributed by atoms with Crippen molar-refractivity contribution in [3.05, 3.63) is 47.3 Å². The summed E-state index contributed by atoms with van der Waals surface area (Å²) < 4.78 is 11.2. The molecule has 0 spiro atoms. The summed E-state index contributed by atoms with van der Waals surface area (Å²) in [5, 5.41) is 11.8. The summed E-state index contributed by atoms with van der Waals surface area (Å²) in [5.74, 6) is 1.66. The number of aromatic nitrogens is 2. The van der Waals surface area contributed by atoms with E-state index in [1.165, 1.54) is 5.56 Å². The van der Waals surface area contributed by atoms with Crippen LogP contribution in [0.5, 0.6) is 11.5 Å². The number of hydrogen-bond donors (Lipinski definition) is 1. The molecule has 0 amide bonds. The Hall–Kier alpha value is -2.14. The lowest BCUT2D eigenvalue weighted by Gasteiger charge is -2.22. The largest absolute Gasteiger partial charge is 0.486 e. The first kappa shape index (κ1) is 14.8. The summed E-state index contributed by atoms with van der Waals surface area (Å²) in [7, 11) is 0. The molecule has 1 aliphatic heterocycles. The Kier molecular flexibility index (Phi) is 4.53.